The first kappa shape index (κ1) is 14.8. The molecule has 1 atom stereocenters. The maximum Gasteiger partial charge on any atom is 0.141 e. The van der Waals surface area contributed by atoms with Gasteiger partial charge in [-0.2, -0.15) is 0 Å². The van der Waals surface area contributed by atoms with Crippen LogP contribution in [0.25, 0.3) is 0 Å². The maximum atomic E-state index is 13.1. The van der Waals surface area contributed by atoms with Gasteiger partial charge in [-0.15, -0.1) is 0 Å². The van der Waals surface area contributed by atoms with E-state index in [1.54, 1.807) is 12.1 Å². The quantitative estimate of drug-likeness (QED) is 0.854. The zero-order valence-electron chi connectivity index (χ0n) is 11.6. The fraction of sp³-hybridized carbons (Fsp3) is 0.250. The highest BCUT2D eigenvalue weighted by Crippen LogP contribution is 2.23. The summed E-state index contributed by atoms with van der Waals surface area (Å²) in [6.45, 7) is 2.80. The number of nitrogen functional groups attached to an aromatic ring is 1. The Labute approximate surface area is 124 Å². The van der Waals surface area contributed by atoms with Crippen LogP contribution >= 0.6 is 11.6 Å². The Morgan fingerprint density at radius 3 is 2.65 bits per heavy atom. The van der Waals surface area contributed by atoms with Gasteiger partial charge < -0.3 is 5.73 Å². The highest BCUT2D eigenvalue weighted by molar-refractivity contribution is 6.30. The normalized spacial score (nSPS) is 12.7. The first-order valence-corrected chi connectivity index (χ1v) is 6.85. The van der Waals surface area contributed by atoms with Crippen LogP contribution < -0.4 is 5.73 Å². The average Bonchev–Trinajstić information content (AvgIpc) is 2.42. The fourth-order valence-electron chi connectivity index (χ4n) is 2.14. The second kappa shape index (κ2) is 6.25. The van der Waals surface area contributed by atoms with Crippen molar-refractivity contribution < 1.29 is 4.39 Å². The Balaban J connectivity index is 2.11. The third-order valence-electron chi connectivity index (χ3n) is 3.47. The van der Waals surface area contributed by atoms with Gasteiger partial charge in [-0.1, -0.05) is 29.8 Å². The lowest BCUT2D eigenvalue weighted by Crippen LogP contribution is -2.22. The van der Waals surface area contributed by atoms with Gasteiger partial charge in [0.05, 0.1) is 5.02 Å². The number of hydrogen-bond acceptors (Lipinski definition) is 2. The molecule has 0 radical (unpaired) electrons. The smallest absolute Gasteiger partial charge is 0.141 e. The van der Waals surface area contributed by atoms with Crippen molar-refractivity contribution in [3.8, 4) is 0 Å². The second-order valence-electron chi connectivity index (χ2n) is 5.01. The molecule has 0 aliphatic carbocycles. The molecule has 0 saturated carbocycles. The molecule has 2 rings (SSSR count). The second-order valence-corrected chi connectivity index (χ2v) is 5.42. The Bertz CT molecular complexity index is 601. The lowest BCUT2D eigenvalue weighted by atomic mass is 10.1. The van der Waals surface area contributed by atoms with Crippen LogP contribution in [0.4, 0.5) is 10.1 Å². The molecule has 0 saturated heterocycles. The minimum absolute atomic E-state index is 0.160. The van der Waals surface area contributed by atoms with E-state index in [4.69, 9.17) is 17.3 Å². The van der Waals surface area contributed by atoms with Gasteiger partial charge >= 0.3 is 0 Å². The first-order valence-electron chi connectivity index (χ1n) is 6.47. The van der Waals surface area contributed by atoms with E-state index in [1.807, 2.05) is 25.2 Å². The number of anilines is 1. The van der Waals surface area contributed by atoms with Crippen molar-refractivity contribution in [1.29, 1.82) is 0 Å². The van der Waals surface area contributed by atoms with Gasteiger partial charge in [0.25, 0.3) is 0 Å². The van der Waals surface area contributed by atoms with Gasteiger partial charge in [0.2, 0.25) is 0 Å². The molecule has 1 unspecified atom stereocenters. The number of hydrogen-bond donors (Lipinski definition) is 1. The number of rotatable bonds is 4. The minimum atomic E-state index is -0.387. The van der Waals surface area contributed by atoms with E-state index in [1.165, 1.54) is 6.07 Å². The Morgan fingerprint density at radius 1 is 1.25 bits per heavy atom. The molecule has 4 heteroatoms. The SMILES string of the molecule is CC(c1cccc(N)c1)N(C)Cc1ccc(F)c(Cl)c1. The molecule has 0 aliphatic heterocycles. The van der Waals surface area contributed by atoms with Crippen LogP contribution in [-0.4, -0.2) is 11.9 Å². The van der Waals surface area contributed by atoms with E-state index in [2.05, 4.69) is 17.9 Å². The predicted octanol–water partition coefficient (Wildman–Crippen LogP) is 4.25. The van der Waals surface area contributed by atoms with Crippen LogP contribution in [0.3, 0.4) is 0 Å². The summed E-state index contributed by atoms with van der Waals surface area (Å²) < 4.78 is 13.1. The summed E-state index contributed by atoms with van der Waals surface area (Å²) in [4.78, 5) is 2.17. The predicted molar refractivity (Wildman–Crippen MR) is 82.1 cm³/mol. The summed E-state index contributed by atoms with van der Waals surface area (Å²) in [6.07, 6.45) is 0. The maximum absolute atomic E-state index is 13.1. The van der Waals surface area contributed by atoms with E-state index in [0.717, 1.165) is 16.8 Å². The average molecular weight is 293 g/mol. The summed E-state index contributed by atoms with van der Waals surface area (Å²) in [7, 11) is 2.02. The van der Waals surface area contributed by atoms with E-state index in [-0.39, 0.29) is 16.9 Å². The lowest BCUT2D eigenvalue weighted by molar-refractivity contribution is 0.253. The summed E-state index contributed by atoms with van der Waals surface area (Å²) >= 11 is 5.80. The number of halogens is 2. The topological polar surface area (TPSA) is 29.3 Å². The van der Waals surface area contributed by atoms with Crippen LogP contribution in [0.2, 0.25) is 5.02 Å². The molecule has 0 fully saturated rings. The van der Waals surface area contributed by atoms with E-state index in [9.17, 15) is 4.39 Å². The molecule has 20 heavy (non-hydrogen) atoms. The molecule has 0 bridgehead atoms. The van der Waals surface area contributed by atoms with Crippen LogP contribution in [0.15, 0.2) is 42.5 Å². The molecule has 2 nitrogen and oxygen atoms in total. The zero-order valence-corrected chi connectivity index (χ0v) is 12.4. The first-order chi connectivity index (χ1) is 9.47. The molecule has 0 heterocycles. The Morgan fingerprint density at radius 2 is 2.00 bits per heavy atom. The standard InChI is InChI=1S/C16H18ClFN2/c1-11(13-4-3-5-14(19)9-13)20(2)10-12-6-7-16(18)15(17)8-12/h3-9,11H,10,19H2,1-2H3. The number of nitrogens with two attached hydrogens (primary N) is 1. The van der Waals surface area contributed by atoms with Crippen molar-refractivity contribution in [3.63, 3.8) is 0 Å². The lowest BCUT2D eigenvalue weighted by Gasteiger charge is -2.25. The largest absolute Gasteiger partial charge is 0.399 e. The molecule has 2 N–H and O–H groups in total. The van der Waals surface area contributed by atoms with Crippen molar-refractivity contribution in [2.45, 2.75) is 19.5 Å². The van der Waals surface area contributed by atoms with Crippen LogP contribution in [0, 0.1) is 5.82 Å². The van der Waals surface area contributed by atoms with Crippen molar-refractivity contribution in [3.05, 3.63) is 64.4 Å². The van der Waals surface area contributed by atoms with E-state index >= 15 is 0 Å². The fourth-order valence-corrected chi connectivity index (χ4v) is 2.34. The molecule has 0 amide bonds. The van der Waals surface area contributed by atoms with E-state index < -0.39 is 0 Å². The number of benzene rings is 2. The summed E-state index contributed by atoms with van der Waals surface area (Å²) in [5, 5.41) is 0.160. The van der Waals surface area contributed by atoms with Gasteiger partial charge in [0.15, 0.2) is 0 Å². The van der Waals surface area contributed by atoms with Crippen molar-refractivity contribution in [2.75, 3.05) is 12.8 Å². The summed E-state index contributed by atoms with van der Waals surface area (Å²) in [5.41, 5.74) is 8.70. The van der Waals surface area contributed by atoms with Crippen molar-refractivity contribution in [1.82, 2.24) is 4.90 Å². The third kappa shape index (κ3) is 3.50. The molecule has 0 aromatic heterocycles. The zero-order chi connectivity index (χ0) is 14.7. The molecule has 0 spiro atoms. The highest BCUT2D eigenvalue weighted by Gasteiger charge is 2.13. The van der Waals surface area contributed by atoms with Crippen LogP contribution in [0.1, 0.15) is 24.1 Å². The molecular formula is C16H18ClFN2. The van der Waals surface area contributed by atoms with Crippen molar-refractivity contribution >= 4 is 17.3 Å². The summed E-state index contributed by atoms with van der Waals surface area (Å²) in [5.74, 6) is -0.387. The van der Waals surface area contributed by atoms with Gasteiger partial charge in [0.1, 0.15) is 5.82 Å². The van der Waals surface area contributed by atoms with E-state index in [0.29, 0.717) is 6.54 Å². The molecule has 2 aromatic carbocycles. The third-order valence-corrected chi connectivity index (χ3v) is 3.76. The van der Waals surface area contributed by atoms with Gasteiger partial charge in [-0.3, -0.25) is 4.90 Å². The Hall–Kier alpha value is -1.58. The van der Waals surface area contributed by atoms with Gasteiger partial charge in [0, 0.05) is 18.3 Å². The monoisotopic (exact) mass is 292 g/mol. The van der Waals surface area contributed by atoms with Gasteiger partial charge in [-0.05, 0) is 49.4 Å². The van der Waals surface area contributed by atoms with Gasteiger partial charge in [-0.25, -0.2) is 4.39 Å². The molecule has 106 valence electrons. The summed E-state index contributed by atoms with van der Waals surface area (Å²) in [6, 6.07) is 12.9. The van der Waals surface area contributed by atoms with Crippen molar-refractivity contribution in [2.24, 2.45) is 0 Å². The van der Waals surface area contributed by atoms with Crippen LogP contribution in [0.5, 0.6) is 0 Å². The highest BCUT2D eigenvalue weighted by atomic mass is 35.5. The molecular weight excluding hydrogens is 275 g/mol. The Kier molecular flexibility index (Phi) is 4.63. The molecule has 0 aliphatic rings. The van der Waals surface area contributed by atoms with Crippen LogP contribution in [-0.2, 0) is 6.54 Å². The minimum Gasteiger partial charge on any atom is -0.399 e. The number of nitrogens with zero attached hydrogens (tertiary/aromatic N) is 1. The molecule has 2 aromatic rings.